The molecule has 1 aromatic carbocycles. The minimum Gasteiger partial charge on any atom is -0.378 e. The van der Waals surface area contributed by atoms with Crippen molar-refractivity contribution < 1.29 is 36.7 Å². The van der Waals surface area contributed by atoms with E-state index in [1.54, 1.807) is 0 Å². The molecule has 0 fully saturated rings. The minimum atomic E-state index is -3.91. The molecule has 0 aliphatic rings. The molecule has 1 aromatic heterocycles. The Balaban J connectivity index is 1.54. The monoisotopic (exact) mass is 667 g/mol. The fraction of sp³-hybridized carbons (Fsp3) is 0.600. The van der Waals surface area contributed by atoms with E-state index in [1.807, 2.05) is 38.1 Å². The maximum atomic E-state index is 11.0. The number of rotatable bonds is 25. The molecule has 1 N–H and O–H groups in total. The number of ether oxygens (including phenoxy) is 4. The highest BCUT2D eigenvalue weighted by Crippen LogP contribution is 2.32. The van der Waals surface area contributed by atoms with Crippen LogP contribution in [0.4, 0.5) is 16.4 Å². The molecule has 2 rings (SSSR count). The van der Waals surface area contributed by atoms with Crippen molar-refractivity contribution in [3.8, 4) is 6.07 Å². The Hall–Kier alpha value is -2.81. The number of azo groups is 1. The van der Waals surface area contributed by atoms with Gasteiger partial charge in [-0.3, -0.25) is 9.35 Å². The highest BCUT2D eigenvalue weighted by Gasteiger charge is 2.10. The van der Waals surface area contributed by atoms with Crippen LogP contribution in [0.1, 0.15) is 41.1 Å². The summed E-state index contributed by atoms with van der Waals surface area (Å²) in [6.07, 6.45) is 1.09. The number of aryl methyl sites for hydroxylation is 1. The molecule has 0 aliphatic heterocycles. The van der Waals surface area contributed by atoms with Crippen LogP contribution in [-0.2, 0) is 29.1 Å². The number of benzene rings is 1. The molecule has 0 aliphatic carbocycles. The molecule has 0 amide bonds. The Morgan fingerprint density at radius 2 is 1.53 bits per heavy atom. The molecular formula is C30H45N5O8S2. The third-order valence-corrected chi connectivity index (χ3v) is 8.39. The maximum Gasteiger partial charge on any atom is 0.264 e. The van der Waals surface area contributed by atoms with Crippen molar-refractivity contribution in [2.45, 2.75) is 27.2 Å². The van der Waals surface area contributed by atoms with Crippen LogP contribution < -0.4 is 4.90 Å². The third kappa shape index (κ3) is 15.8. The molecule has 0 atom stereocenters. The molecular weight excluding hydrogens is 622 g/mol. The van der Waals surface area contributed by atoms with Crippen molar-refractivity contribution in [1.82, 2.24) is 4.90 Å². The fourth-order valence-corrected chi connectivity index (χ4v) is 5.40. The molecule has 0 radical (unpaired) electrons. The van der Waals surface area contributed by atoms with Gasteiger partial charge in [-0.05, 0) is 63.2 Å². The van der Waals surface area contributed by atoms with Crippen molar-refractivity contribution in [2.75, 3.05) is 96.2 Å². The third-order valence-electron chi connectivity index (χ3n) is 6.64. The van der Waals surface area contributed by atoms with Gasteiger partial charge in [0.2, 0.25) is 0 Å². The second-order valence-electron chi connectivity index (χ2n) is 9.87. The molecule has 0 bridgehead atoms. The standard InChI is InChI=1S/C30H45N5O8S2/c1-4-34(9-6-20-45(37,38)39)10-12-40-14-16-42-18-19-43-17-15-41-13-11-35(5-2)27-7-8-29(25(3)21-27)32-33-30-26(23-31)22-28(24-36)44-30/h7-8,21-22,24H,4-6,9-20H2,1-3H3,(H,37,38,39). The first-order valence-corrected chi connectivity index (χ1v) is 17.4. The van der Waals surface area contributed by atoms with E-state index in [0.717, 1.165) is 42.2 Å². The lowest BCUT2D eigenvalue weighted by Gasteiger charge is -2.23. The lowest BCUT2D eigenvalue weighted by atomic mass is 10.1. The zero-order valence-electron chi connectivity index (χ0n) is 26.4. The van der Waals surface area contributed by atoms with Gasteiger partial charge in [0.15, 0.2) is 11.3 Å². The van der Waals surface area contributed by atoms with E-state index in [1.165, 1.54) is 6.07 Å². The summed E-state index contributed by atoms with van der Waals surface area (Å²) in [5.41, 5.74) is 3.02. The van der Waals surface area contributed by atoms with Gasteiger partial charge in [-0.25, -0.2) is 0 Å². The summed E-state index contributed by atoms with van der Waals surface area (Å²) in [5.74, 6) is -0.230. The lowest BCUT2D eigenvalue weighted by molar-refractivity contribution is -0.00310. The van der Waals surface area contributed by atoms with Crippen molar-refractivity contribution in [3.63, 3.8) is 0 Å². The van der Waals surface area contributed by atoms with Crippen LogP contribution in [0, 0.1) is 18.3 Å². The van der Waals surface area contributed by atoms with Crippen LogP contribution >= 0.6 is 11.3 Å². The SMILES string of the molecule is CCN(CCCS(=O)(=O)O)CCOCCOCCOCCOCCN(CC)c1ccc(N=Nc2sc(C=O)cc2C#N)c(C)c1. The number of aldehydes is 1. The number of anilines is 1. The molecule has 0 saturated carbocycles. The van der Waals surface area contributed by atoms with Gasteiger partial charge in [-0.2, -0.15) is 13.7 Å². The predicted octanol–water partition coefficient (Wildman–Crippen LogP) is 4.65. The van der Waals surface area contributed by atoms with Gasteiger partial charge in [-0.1, -0.05) is 6.92 Å². The number of thiophene rings is 1. The summed E-state index contributed by atoms with van der Waals surface area (Å²) in [5, 5.41) is 18.1. The molecule has 0 saturated heterocycles. The molecule has 0 spiro atoms. The topological polar surface area (TPSA) is 163 Å². The van der Waals surface area contributed by atoms with Gasteiger partial charge in [0.05, 0.1) is 74.7 Å². The van der Waals surface area contributed by atoms with E-state index in [-0.39, 0.29) is 5.75 Å². The van der Waals surface area contributed by atoms with Crippen molar-refractivity contribution in [2.24, 2.45) is 10.2 Å². The fourth-order valence-electron chi connectivity index (χ4n) is 4.16. The molecule has 2 aromatic rings. The Morgan fingerprint density at radius 1 is 0.911 bits per heavy atom. The van der Waals surface area contributed by atoms with Crippen LogP contribution in [0.3, 0.4) is 0 Å². The largest absolute Gasteiger partial charge is 0.378 e. The van der Waals surface area contributed by atoms with E-state index < -0.39 is 10.1 Å². The van der Waals surface area contributed by atoms with Crippen LogP contribution in [0.15, 0.2) is 34.5 Å². The summed E-state index contributed by atoms with van der Waals surface area (Å²) in [7, 11) is -3.91. The van der Waals surface area contributed by atoms with E-state index in [2.05, 4.69) is 27.0 Å². The average molecular weight is 668 g/mol. The predicted molar refractivity (Wildman–Crippen MR) is 174 cm³/mol. The first-order chi connectivity index (χ1) is 21.7. The van der Waals surface area contributed by atoms with Crippen LogP contribution in [0.2, 0.25) is 0 Å². The summed E-state index contributed by atoms with van der Waals surface area (Å²) < 4.78 is 52.8. The number of likely N-dealkylation sites (N-methyl/N-ethyl adjacent to an activating group) is 2. The first kappa shape index (κ1) is 38.4. The summed E-state index contributed by atoms with van der Waals surface area (Å²) in [6, 6.07) is 9.46. The number of hydrogen-bond acceptors (Lipinski definition) is 13. The summed E-state index contributed by atoms with van der Waals surface area (Å²) in [4.78, 5) is 15.7. The Labute approximate surface area is 270 Å². The van der Waals surface area contributed by atoms with Gasteiger partial charge < -0.3 is 28.7 Å². The molecule has 15 heteroatoms. The quantitative estimate of drug-likeness (QED) is 0.0679. The highest BCUT2D eigenvalue weighted by atomic mass is 32.2. The smallest absolute Gasteiger partial charge is 0.264 e. The van der Waals surface area contributed by atoms with Gasteiger partial charge in [0, 0.05) is 25.3 Å². The van der Waals surface area contributed by atoms with Gasteiger partial charge in [0.1, 0.15) is 6.07 Å². The van der Waals surface area contributed by atoms with E-state index in [0.29, 0.717) is 99.8 Å². The molecule has 0 unspecified atom stereocenters. The van der Waals surface area contributed by atoms with Crippen molar-refractivity contribution in [1.29, 1.82) is 5.26 Å². The maximum absolute atomic E-state index is 11.0. The molecule has 250 valence electrons. The second kappa shape index (κ2) is 21.8. The first-order valence-electron chi connectivity index (χ1n) is 15.0. The van der Waals surface area contributed by atoms with Crippen LogP contribution in [0.25, 0.3) is 0 Å². The molecule has 13 nitrogen and oxygen atoms in total. The zero-order valence-corrected chi connectivity index (χ0v) is 28.0. The van der Waals surface area contributed by atoms with Crippen molar-refractivity contribution >= 4 is 44.1 Å². The van der Waals surface area contributed by atoms with E-state index >= 15 is 0 Å². The van der Waals surface area contributed by atoms with E-state index in [4.69, 9.17) is 23.5 Å². The van der Waals surface area contributed by atoms with Gasteiger partial charge >= 0.3 is 0 Å². The van der Waals surface area contributed by atoms with E-state index in [9.17, 15) is 18.5 Å². The number of hydrogen-bond donors (Lipinski definition) is 1. The average Bonchev–Trinajstić information content (AvgIpc) is 3.43. The Morgan fingerprint density at radius 3 is 2.07 bits per heavy atom. The zero-order chi connectivity index (χ0) is 32.9. The number of nitriles is 1. The Kier molecular flexibility index (Phi) is 18.6. The van der Waals surface area contributed by atoms with Crippen LogP contribution in [-0.4, -0.2) is 115 Å². The minimum absolute atomic E-state index is 0.230. The lowest BCUT2D eigenvalue weighted by Crippen LogP contribution is -2.30. The number of nitrogens with zero attached hydrogens (tertiary/aromatic N) is 5. The summed E-state index contributed by atoms with van der Waals surface area (Å²) >= 11 is 1.14. The van der Waals surface area contributed by atoms with Gasteiger partial charge in [-0.15, -0.1) is 21.6 Å². The number of carbonyl (C=O) groups excluding carboxylic acids is 1. The van der Waals surface area contributed by atoms with Gasteiger partial charge in [0.25, 0.3) is 10.1 Å². The second-order valence-corrected chi connectivity index (χ2v) is 12.5. The molecule has 45 heavy (non-hydrogen) atoms. The van der Waals surface area contributed by atoms with Crippen molar-refractivity contribution in [3.05, 3.63) is 40.3 Å². The van der Waals surface area contributed by atoms with Crippen LogP contribution in [0.5, 0.6) is 0 Å². The number of carbonyl (C=O) groups is 1. The summed E-state index contributed by atoms with van der Waals surface area (Å²) in [6.45, 7) is 13.5. The molecule has 1 heterocycles. The Bertz CT molecular complexity index is 1330. The highest BCUT2D eigenvalue weighted by molar-refractivity contribution is 7.85. The normalized spacial score (nSPS) is 11.8.